The summed E-state index contributed by atoms with van der Waals surface area (Å²) < 4.78 is 0.873. The van der Waals surface area contributed by atoms with E-state index in [0.717, 1.165) is 42.9 Å². The maximum Gasteiger partial charge on any atom is 0.227 e. The van der Waals surface area contributed by atoms with E-state index in [1.54, 1.807) is 4.90 Å². The first-order valence-corrected chi connectivity index (χ1v) is 9.20. The molecule has 2 aliphatic rings. The molecule has 0 spiro atoms. The molecule has 2 fully saturated rings. The molecule has 2 amide bonds. The van der Waals surface area contributed by atoms with Crippen LogP contribution in [-0.2, 0) is 9.59 Å². The van der Waals surface area contributed by atoms with Crippen LogP contribution in [0.15, 0.2) is 28.7 Å². The van der Waals surface area contributed by atoms with E-state index >= 15 is 0 Å². The lowest BCUT2D eigenvalue weighted by Crippen LogP contribution is -2.46. The highest BCUT2D eigenvalue weighted by molar-refractivity contribution is 9.10. The highest BCUT2D eigenvalue weighted by Gasteiger charge is 2.35. The SMILES string of the molecule is Cl.O=C(NCCN1CCNCC1)C1CC(=O)N(c2ccccc2Br)C1. The maximum absolute atomic E-state index is 12.4. The van der Waals surface area contributed by atoms with E-state index < -0.39 is 0 Å². The fourth-order valence-electron chi connectivity index (χ4n) is 3.20. The Labute approximate surface area is 162 Å². The van der Waals surface area contributed by atoms with Crippen molar-refractivity contribution in [2.24, 2.45) is 5.92 Å². The second kappa shape index (κ2) is 9.52. The summed E-state index contributed by atoms with van der Waals surface area (Å²) in [6.07, 6.45) is 0.279. The third-order valence-electron chi connectivity index (χ3n) is 4.58. The Morgan fingerprint density at radius 3 is 2.72 bits per heavy atom. The van der Waals surface area contributed by atoms with Crippen molar-refractivity contribution in [2.45, 2.75) is 6.42 Å². The predicted octanol–water partition coefficient (Wildman–Crippen LogP) is 1.25. The normalized spacial score (nSPS) is 21.1. The third-order valence-corrected chi connectivity index (χ3v) is 5.25. The van der Waals surface area contributed by atoms with Crippen LogP contribution >= 0.6 is 28.3 Å². The number of halogens is 2. The van der Waals surface area contributed by atoms with E-state index in [0.29, 0.717) is 13.1 Å². The van der Waals surface area contributed by atoms with Gasteiger partial charge in [0.1, 0.15) is 0 Å². The first kappa shape index (κ1) is 20.2. The molecule has 1 aromatic rings. The van der Waals surface area contributed by atoms with Crippen molar-refractivity contribution in [3.63, 3.8) is 0 Å². The highest BCUT2D eigenvalue weighted by Crippen LogP contribution is 2.31. The molecule has 1 atom stereocenters. The van der Waals surface area contributed by atoms with E-state index in [-0.39, 0.29) is 36.6 Å². The number of hydrogen-bond acceptors (Lipinski definition) is 4. The number of amides is 2. The van der Waals surface area contributed by atoms with Crippen molar-refractivity contribution < 1.29 is 9.59 Å². The van der Waals surface area contributed by atoms with Crippen LogP contribution in [-0.4, -0.2) is 62.5 Å². The van der Waals surface area contributed by atoms with Gasteiger partial charge in [0, 0.05) is 56.7 Å². The molecular weight excluding hydrogens is 408 g/mol. The lowest BCUT2D eigenvalue weighted by Gasteiger charge is -2.27. The van der Waals surface area contributed by atoms with Crippen LogP contribution in [0, 0.1) is 5.92 Å². The van der Waals surface area contributed by atoms with E-state index in [2.05, 4.69) is 31.5 Å². The van der Waals surface area contributed by atoms with Crippen LogP contribution in [0.5, 0.6) is 0 Å². The van der Waals surface area contributed by atoms with Crippen LogP contribution < -0.4 is 15.5 Å². The van der Waals surface area contributed by atoms with Crippen molar-refractivity contribution in [1.29, 1.82) is 0 Å². The van der Waals surface area contributed by atoms with Gasteiger partial charge in [-0.1, -0.05) is 12.1 Å². The smallest absolute Gasteiger partial charge is 0.227 e. The average Bonchev–Trinajstić information content (AvgIpc) is 2.98. The Morgan fingerprint density at radius 1 is 1.28 bits per heavy atom. The quantitative estimate of drug-likeness (QED) is 0.736. The van der Waals surface area contributed by atoms with Crippen molar-refractivity contribution >= 4 is 45.8 Å². The maximum atomic E-state index is 12.4. The molecule has 6 nitrogen and oxygen atoms in total. The van der Waals surface area contributed by atoms with Crippen LogP contribution in [0.4, 0.5) is 5.69 Å². The number of hydrogen-bond donors (Lipinski definition) is 2. The minimum atomic E-state index is -0.271. The lowest BCUT2D eigenvalue weighted by atomic mass is 10.1. The zero-order valence-corrected chi connectivity index (χ0v) is 16.4. The topological polar surface area (TPSA) is 64.7 Å². The van der Waals surface area contributed by atoms with Gasteiger partial charge in [-0.25, -0.2) is 0 Å². The Bertz CT molecular complexity index is 610. The van der Waals surface area contributed by atoms with Crippen LogP contribution in [0.2, 0.25) is 0 Å². The minimum Gasteiger partial charge on any atom is -0.355 e. The zero-order valence-electron chi connectivity index (χ0n) is 14.0. The minimum absolute atomic E-state index is 0. The van der Waals surface area contributed by atoms with Gasteiger partial charge in [0.2, 0.25) is 11.8 Å². The molecule has 2 saturated heterocycles. The Hall–Kier alpha value is -1.15. The molecule has 3 rings (SSSR count). The van der Waals surface area contributed by atoms with Crippen LogP contribution in [0.25, 0.3) is 0 Å². The molecule has 0 bridgehead atoms. The number of carbonyl (C=O) groups excluding carboxylic acids is 2. The number of piperazine rings is 1. The number of para-hydroxylation sites is 1. The zero-order chi connectivity index (χ0) is 16.9. The first-order chi connectivity index (χ1) is 11.6. The van der Waals surface area contributed by atoms with E-state index in [9.17, 15) is 9.59 Å². The third kappa shape index (κ3) is 5.17. The van der Waals surface area contributed by atoms with Crippen molar-refractivity contribution in [1.82, 2.24) is 15.5 Å². The molecule has 8 heteroatoms. The van der Waals surface area contributed by atoms with E-state index in [4.69, 9.17) is 0 Å². The number of anilines is 1. The molecule has 138 valence electrons. The Morgan fingerprint density at radius 2 is 2.00 bits per heavy atom. The fraction of sp³-hybridized carbons (Fsp3) is 0.529. The predicted molar refractivity (Wildman–Crippen MR) is 104 cm³/mol. The summed E-state index contributed by atoms with van der Waals surface area (Å²) in [5.74, 6) is -0.287. The molecule has 2 aliphatic heterocycles. The molecule has 25 heavy (non-hydrogen) atoms. The van der Waals surface area contributed by atoms with Gasteiger partial charge in [-0.05, 0) is 28.1 Å². The molecule has 0 aromatic heterocycles. The first-order valence-electron chi connectivity index (χ1n) is 8.41. The average molecular weight is 432 g/mol. The van der Waals surface area contributed by atoms with Gasteiger partial charge in [-0.3, -0.25) is 14.5 Å². The largest absolute Gasteiger partial charge is 0.355 e. The number of nitrogens with one attached hydrogen (secondary N) is 2. The summed E-state index contributed by atoms with van der Waals surface area (Å²) in [4.78, 5) is 28.7. The molecule has 1 unspecified atom stereocenters. The van der Waals surface area contributed by atoms with Gasteiger partial charge in [0.25, 0.3) is 0 Å². The number of rotatable bonds is 5. The molecular formula is C17H24BrClN4O2. The summed E-state index contributed by atoms with van der Waals surface area (Å²) in [6, 6.07) is 7.61. The standard InChI is InChI=1S/C17H23BrN4O2.ClH/c18-14-3-1-2-4-15(14)22-12-13(11-16(22)23)17(24)20-7-10-21-8-5-19-6-9-21;/h1-4,13,19H,5-12H2,(H,20,24);1H. The van der Waals surface area contributed by atoms with Crippen molar-refractivity contribution in [2.75, 3.05) is 50.7 Å². The second-order valence-electron chi connectivity index (χ2n) is 6.24. The monoisotopic (exact) mass is 430 g/mol. The number of carbonyl (C=O) groups is 2. The molecule has 2 N–H and O–H groups in total. The summed E-state index contributed by atoms with van der Waals surface area (Å²) in [5.41, 5.74) is 0.832. The van der Waals surface area contributed by atoms with Crippen molar-refractivity contribution in [3.05, 3.63) is 28.7 Å². The lowest BCUT2D eigenvalue weighted by molar-refractivity contribution is -0.126. The summed E-state index contributed by atoms with van der Waals surface area (Å²) in [6.45, 7) is 6.00. The summed E-state index contributed by atoms with van der Waals surface area (Å²) >= 11 is 3.47. The molecule has 1 aromatic carbocycles. The molecule has 0 saturated carbocycles. The fourth-order valence-corrected chi connectivity index (χ4v) is 3.70. The van der Waals surface area contributed by atoms with Gasteiger partial charge in [0.05, 0.1) is 11.6 Å². The molecule has 0 aliphatic carbocycles. The van der Waals surface area contributed by atoms with Gasteiger partial charge in [-0.2, -0.15) is 0 Å². The second-order valence-corrected chi connectivity index (χ2v) is 7.09. The molecule has 0 radical (unpaired) electrons. The summed E-state index contributed by atoms with van der Waals surface area (Å²) in [7, 11) is 0. The van der Waals surface area contributed by atoms with Gasteiger partial charge in [-0.15, -0.1) is 12.4 Å². The molecule has 2 heterocycles. The van der Waals surface area contributed by atoms with Gasteiger partial charge >= 0.3 is 0 Å². The van der Waals surface area contributed by atoms with Gasteiger partial charge < -0.3 is 15.5 Å². The summed E-state index contributed by atoms with van der Waals surface area (Å²) in [5, 5.41) is 6.30. The van der Waals surface area contributed by atoms with Crippen molar-refractivity contribution in [3.8, 4) is 0 Å². The number of nitrogens with zero attached hydrogens (tertiary/aromatic N) is 2. The van der Waals surface area contributed by atoms with Crippen LogP contribution in [0.3, 0.4) is 0 Å². The Balaban J connectivity index is 0.00000225. The van der Waals surface area contributed by atoms with E-state index in [1.165, 1.54) is 0 Å². The van der Waals surface area contributed by atoms with E-state index in [1.807, 2.05) is 24.3 Å². The van der Waals surface area contributed by atoms with Crippen LogP contribution in [0.1, 0.15) is 6.42 Å². The highest BCUT2D eigenvalue weighted by atomic mass is 79.9. The van der Waals surface area contributed by atoms with Gasteiger partial charge in [0.15, 0.2) is 0 Å². The Kier molecular flexibility index (Phi) is 7.68. The number of benzene rings is 1.